The highest BCUT2D eigenvalue weighted by molar-refractivity contribution is 5.83. The second kappa shape index (κ2) is 6.23. The van der Waals surface area contributed by atoms with Gasteiger partial charge in [0.05, 0.1) is 6.42 Å². The number of likely N-dealkylation sites (N-methyl/N-ethyl adjacent to an activating group) is 1. The van der Waals surface area contributed by atoms with Gasteiger partial charge >= 0.3 is 12.0 Å². The number of aliphatic carboxylic acids is 1. The summed E-state index contributed by atoms with van der Waals surface area (Å²) in [7, 11) is 1.45. The Hall–Kier alpha value is -1.79. The number of urea groups is 1. The largest absolute Gasteiger partial charge is 0.481 e. The maximum Gasteiger partial charge on any atom is 0.320 e. The van der Waals surface area contributed by atoms with Crippen molar-refractivity contribution in [3.63, 3.8) is 0 Å². The van der Waals surface area contributed by atoms with E-state index in [4.69, 9.17) is 10.8 Å². The van der Waals surface area contributed by atoms with Gasteiger partial charge < -0.3 is 20.6 Å². The SMILES string of the molecule is CN(CC(N)=O)C(=O)N(CCC(=O)O)C(C)(C)C. The number of rotatable bonds is 5. The third kappa shape index (κ3) is 5.51. The van der Waals surface area contributed by atoms with Gasteiger partial charge in [-0.05, 0) is 20.8 Å². The van der Waals surface area contributed by atoms with Gasteiger partial charge in [-0.25, -0.2) is 4.79 Å². The van der Waals surface area contributed by atoms with Gasteiger partial charge in [0.25, 0.3) is 0 Å². The highest BCUT2D eigenvalue weighted by Crippen LogP contribution is 2.15. The van der Waals surface area contributed by atoms with Crippen molar-refractivity contribution < 1.29 is 19.5 Å². The predicted molar refractivity (Wildman–Crippen MR) is 65.9 cm³/mol. The summed E-state index contributed by atoms with van der Waals surface area (Å²) < 4.78 is 0. The number of amides is 3. The van der Waals surface area contributed by atoms with E-state index in [9.17, 15) is 14.4 Å². The standard InChI is InChI=1S/C11H21N3O4/c1-11(2,3)14(6-5-9(16)17)10(18)13(4)7-8(12)15/h5-7H2,1-4H3,(H2,12,15)(H,16,17). The first kappa shape index (κ1) is 16.2. The predicted octanol–water partition coefficient (Wildman–Crippen LogP) is 0.0987. The molecule has 0 aliphatic heterocycles. The number of primary amides is 1. The van der Waals surface area contributed by atoms with Gasteiger partial charge in [-0.3, -0.25) is 9.59 Å². The average molecular weight is 259 g/mol. The molecule has 0 aromatic heterocycles. The van der Waals surface area contributed by atoms with Crippen LogP contribution >= 0.6 is 0 Å². The first-order valence-electron chi connectivity index (χ1n) is 5.58. The van der Waals surface area contributed by atoms with Crippen LogP contribution < -0.4 is 5.73 Å². The van der Waals surface area contributed by atoms with E-state index in [1.807, 2.05) is 0 Å². The first-order valence-corrected chi connectivity index (χ1v) is 5.58. The van der Waals surface area contributed by atoms with Crippen LogP contribution in [0.15, 0.2) is 0 Å². The maximum absolute atomic E-state index is 12.1. The minimum atomic E-state index is -0.977. The highest BCUT2D eigenvalue weighted by Gasteiger charge is 2.29. The van der Waals surface area contributed by atoms with Gasteiger partial charge in [-0.2, -0.15) is 0 Å². The molecular weight excluding hydrogens is 238 g/mol. The fraction of sp³-hybridized carbons (Fsp3) is 0.727. The summed E-state index contributed by atoms with van der Waals surface area (Å²) in [5.41, 5.74) is 4.49. The molecular formula is C11H21N3O4. The molecule has 0 fully saturated rings. The van der Waals surface area contributed by atoms with E-state index < -0.39 is 23.4 Å². The maximum atomic E-state index is 12.1. The van der Waals surface area contributed by atoms with Crippen molar-refractivity contribution in [3.8, 4) is 0 Å². The van der Waals surface area contributed by atoms with Crippen LogP contribution in [0.4, 0.5) is 4.79 Å². The Labute approximate surface area is 107 Å². The smallest absolute Gasteiger partial charge is 0.320 e. The Morgan fingerprint density at radius 2 is 1.72 bits per heavy atom. The number of carbonyl (C=O) groups is 3. The van der Waals surface area contributed by atoms with Gasteiger partial charge in [-0.15, -0.1) is 0 Å². The number of hydrogen-bond acceptors (Lipinski definition) is 3. The minimum absolute atomic E-state index is 0.0841. The summed E-state index contributed by atoms with van der Waals surface area (Å²) in [6, 6.07) is -0.414. The molecule has 0 spiro atoms. The van der Waals surface area contributed by atoms with Crippen molar-refractivity contribution in [2.24, 2.45) is 5.73 Å². The lowest BCUT2D eigenvalue weighted by Gasteiger charge is -2.37. The molecule has 3 N–H and O–H groups in total. The number of hydrogen-bond donors (Lipinski definition) is 2. The van der Waals surface area contributed by atoms with Crippen molar-refractivity contribution >= 4 is 17.9 Å². The number of carboxylic acids is 1. The van der Waals surface area contributed by atoms with Crippen LogP contribution in [0.3, 0.4) is 0 Å². The molecule has 0 aliphatic rings. The number of carbonyl (C=O) groups excluding carboxylic acids is 2. The van der Waals surface area contributed by atoms with Crippen LogP contribution in [0.25, 0.3) is 0 Å². The molecule has 0 unspecified atom stereocenters. The van der Waals surface area contributed by atoms with Gasteiger partial charge in [0.2, 0.25) is 5.91 Å². The van der Waals surface area contributed by atoms with Crippen LogP contribution in [0.5, 0.6) is 0 Å². The summed E-state index contributed by atoms with van der Waals surface area (Å²) in [6.07, 6.45) is -0.145. The molecule has 0 aliphatic carbocycles. The molecule has 0 radical (unpaired) electrons. The van der Waals surface area contributed by atoms with Crippen LogP contribution in [-0.2, 0) is 9.59 Å². The van der Waals surface area contributed by atoms with E-state index in [0.717, 1.165) is 0 Å². The van der Waals surface area contributed by atoms with E-state index in [1.165, 1.54) is 16.8 Å². The summed E-state index contributed by atoms with van der Waals surface area (Å²) in [4.78, 5) is 36.0. The molecule has 0 rings (SSSR count). The van der Waals surface area contributed by atoms with Crippen LogP contribution in [0.2, 0.25) is 0 Å². The second-order valence-electron chi connectivity index (χ2n) is 5.07. The average Bonchev–Trinajstić information content (AvgIpc) is 2.13. The van der Waals surface area contributed by atoms with Crippen LogP contribution in [0.1, 0.15) is 27.2 Å². The van der Waals surface area contributed by atoms with Gasteiger partial charge in [-0.1, -0.05) is 0 Å². The summed E-state index contributed by atoms with van der Waals surface area (Å²) in [6.45, 7) is 5.28. The molecule has 0 saturated heterocycles. The topological polar surface area (TPSA) is 104 Å². The number of nitrogens with two attached hydrogens (primary N) is 1. The third-order valence-electron chi connectivity index (χ3n) is 2.31. The number of nitrogens with zero attached hydrogens (tertiary/aromatic N) is 2. The van der Waals surface area contributed by atoms with Crippen molar-refractivity contribution in [2.45, 2.75) is 32.7 Å². The Morgan fingerprint density at radius 3 is 2.06 bits per heavy atom. The summed E-state index contributed by atoms with van der Waals surface area (Å²) >= 11 is 0. The van der Waals surface area contributed by atoms with Crippen molar-refractivity contribution in [1.29, 1.82) is 0 Å². The Bertz CT molecular complexity index is 336. The Morgan fingerprint density at radius 1 is 1.22 bits per heavy atom. The molecule has 7 nitrogen and oxygen atoms in total. The molecule has 0 bridgehead atoms. The van der Waals surface area contributed by atoms with Crippen molar-refractivity contribution in [2.75, 3.05) is 20.1 Å². The van der Waals surface area contributed by atoms with Crippen molar-refractivity contribution in [1.82, 2.24) is 9.80 Å². The first-order chi connectivity index (χ1) is 8.05. The number of carboxylic acid groups (broad SMARTS) is 1. The molecule has 3 amide bonds. The lowest BCUT2D eigenvalue weighted by Crippen LogP contribution is -2.52. The zero-order valence-electron chi connectivity index (χ0n) is 11.3. The highest BCUT2D eigenvalue weighted by atomic mass is 16.4. The fourth-order valence-electron chi connectivity index (χ4n) is 1.43. The van der Waals surface area contributed by atoms with E-state index in [0.29, 0.717) is 0 Å². The molecule has 0 heterocycles. The third-order valence-corrected chi connectivity index (χ3v) is 2.31. The summed E-state index contributed by atoms with van der Waals surface area (Å²) in [5, 5.41) is 8.67. The zero-order valence-corrected chi connectivity index (χ0v) is 11.3. The van der Waals surface area contributed by atoms with E-state index in [1.54, 1.807) is 20.8 Å². The monoisotopic (exact) mass is 259 g/mol. The van der Waals surface area contributed by atoms with Crippen LogP contribution in [-0.4, -0.2) is 58.5 Å². The quantitative estimate of drug-likeness (QED) is 0.730. The molecule has 0 aromatic rings. The molecule has 7 heteroatoms. The Kier molecular flexibility index (Phi) is 5.61. The Balaban J connectivity index is 4.80. The summed E-state index contributed by atoms with van der Waals surface area (Å²) in [5.74, 6) is -1.59. The fourth-order valence-corrected chi connectivity index (χ4v) is 1.43. The van der Waals surface area contributed by atoms with Crippen molar-refractivity contribution in [3.05, 3.63) is 0 Å². The zero-order chi connectivity index (χ0) is 14.5. The normalized spacial score (nSPS) is 10.9. The molecule has 104 valence electrons. The van der Waals surface area contributed by atoms with E-state index in [2.05, 4.69) is 0 Å². The van der Waals surface area contributed by atoms with E-state index >= 15 is 0 Å². The second-order valence-corrected chi connectivity index (χ2v) is 5.07. The van der Waals surface area contributed by atoms with Crippen LogP contribution in [0, 0.1) is 0 Å². The molecule has 0 saturated carbocycles. The van der Waals surface area contributed by atoms with Gasteiger partial charge in [0, 0.05) is 19.1 Å². The molecule has 0 atom stereocenters. The lowest BCUT2D eigenvalue weighted by molar-refractivity contribution is -0.137. The molecule has 0 aromatic carbocycles. The molecule has 18 heavy (non-hydrogen) atoms. The van der Waals surface area contributed by atoms with Gasteiger partial charge in [0.15, 0.2) is 0 Å². The lowest BCUT2D eigenvalue weighted by atomic mass is 10.1. The minimum Gasteiger partial charge on any atom is -0.481 e. The van der Waals surface area contributed by atoms with Gasteiger partial charge in [0.1, 0.15) is 6.54 Å². The van der Waals surface area contributed by atoms with E-state index in [-0.39, 0.29) is 19.5 Å².